The fourth-order valence-corrected chi connectivity index (χ4v) is 3.06. The van der Waals surface area contributed by atoms with Crippen LogP contribution >= 0.6 is 0 Å². The molecule has 31 heavy (non-hydrogen) atoms. The second-order valence-electron chi connectivity index (χ2n) is 6.78. The van der Waals surface area contributed by atoms with Gasteiger partial charge in [-0.25, -0.2) is 14.6 Å². The van der Waals surface area contributed by atoms with E-state index in [1.807, 2.05) is 30.3 Å². The van der Waals surface area contributed by atoms with Crippen LogP contribution in [0.1, 0.15) is 21.7 Å². The molecule has 0 aliphatic rings. The van der Waals surface area contributed by atoms with E-state index in [9.17, 15) is 19.2 Å². The minimum absolute atomic E-state index is 0.00520. The molecule has 162 valence electrons. The zero-order valence-electron chi connectivity index (χ0n) is 17.2. The van der Waals surface area contributed by atoms with Gasteiger partial charge in [0.15, 0.2) is 6.61 Å². The second kappa shape index (κ2) is 9.24. The molecule has 1 amide bonds. The van der Waals surface area contributed by atoms with Crippen molar-refractivity contribution >= 4 is 28.9 Å². The molecule has 0 radical (unpaired) electrons. The molecular weight excluding hydrogens is 406 g/mol. The first-order chi connectivity index (χ1) is 14.8. The van der Waals surface area contributed by atoms with Gasteiger partial charge in [0.25, 0.3) is 11.5 Å². The van der Waals surface area contributed by atoms with E-state index in [4.69, 9.17) is 13.9 Å². The second-order valence-corrected chi connectivity index (χ2v) is 6.78. The van der Waals surface area contributed by atoms with E-state index in [-0.39, 0.29) is 28.8 Å². The molecule has 1 aromatic carbocycles. The van der Waals surface area contributed by atoms with Gasteiger partial charge in [0.2, 0.25) is 5.71 Å². The van der Waals surface area contributed by atoms with Gasteiger partial charge in [-0.05, 0) is 12.5 Å². The van der Waals surface area contributed by atoms with Crippen molar-refractivity contribution in [3.05, 3.63) is 63.9 Å². The Labute approximate surface area is 176 Å². The Kier molecular flexibility index (Phi) is 6.49. The number of fused-ring (bicyclic) bond motifs is 1. The lowest BCUT2D eigenvalue weighted by Crippen LogP contribution is -2.44. The maximum Gasteiger partial charge on any atom is 0.343 e. The number of aromatic nitrogens is 2. The van der Waals surface area contributed by atoms with E-state index in [0.29, 0.717) is 0 Å². The van der Waals surface area contributed by atoms with Crippen molar-refractivity contribution in [3.63, 3.8) is 0 Å². The van der Waals surface area contributed by atoms with E-state index < -0.39 is 36.1 Å². The summed E-state index contributed by atoms with van der Waals surface area (Å²) in [6, 6.07) is 8.12. The summed E-state index contributed by atoms with van der Waals surface area (Å²) in [6.45, 7) is 0.832. The molecule has 0 bridgehead atoms. The normalized spacial score (nSPS) is 11.7. The number of furan rings is 1. The monoisotopic (exact) mass is 427 g/mol. The van der Waals surface area contributed by atoms with Crippen LogP contribution in [-0.4, -0.2) is 47.2 Å². The number of nitrogens with one attached hydrogen (secondary N) is 1. The van der Waals surface area contributed by atoms with Crippen molar-refractivity contribution < 1.29 is 28.3 Å². The Hall–Kier alpha value is -3.95. The third-order valence-electron chi connectivity index (χ3n) is 4.59. The van der Waals surface area contributed by atoms with E-state index in [1.165, 1.54) is 32.0 Å². The molecular formula is C21H21N3O7. The van der Waals surface area contributed by atoms with Crippen LogP contribution in [0.5, 0.6) is 0 Å². The van der Waals surface area contributed by atoms with Crippen molar-refractivity contribution in [2.24, 2.45) is 7.05 Å². The maximum atomic E-state index is 12.5. The summed E-state index contributed by atoms with van der Waals surface area (Å²) in [4.78, 5) is 53.2. The standard InChI is InChI=1S/C21H21N3O7/c1-12-16(17-18(31-12)22-11-24(2)19(17)26)21(28)30-10-15(25)23-14(20(27)29-3)9-13-7-5-4-6-8-13/h4-8,11,14H,9-10H2,1-3H3,(H,23,25). The molecule has 2 aromatic heterocycles. The molecule has 10 nitrogen and oxygen atoms in total. The number of methoxy groups -OCH3 is 1. The van der Waals surface area contributed by atoms with E-state index >= 15 is 0 Å². The van der Waals surface area contributed by atoms with Gasteiger partial charge < -0.3 is 23.8 Å². The quantitative estimate of drug-likeness (QED) is 0.551. The largest absolute Gasteiger partial charge is 0.467 e. The molecule has 1 unspecified atom stereocenters. The molecule has 0 saturated carbocycles. The predicted molar refractivity (Wildman–Crippen MR) is 108 cm³/mol. The minimum Gasteiger partial charge on any atom is -0.467 e. The first-order valence-corrected chi connectivity index (χ1v) is 9.34. The molecule has 0 aliphatic heterocycles. The van der Waals surface area contributed by atoms with Gasteiger partial charge in [0.1, 0.15) is 29.1 Å². The van der Waals surface area contributed by atoms with Gasteiger partial charge in [-0.2, -0.15) is 0 Å². The highest BCUT2D eigenvalue weighted by molar-refractivity contribution is 6.04. The van der Waals surface area contributed by atoms with Crippen LogP contribution in [0.2, 0.25) is 0 Å². The first kappa shape index (κ1) is 21.8. The molecule has 10 heteroatoms. The van der Waals surface area contributed by atoms with Gasteiger partial charge in [-0.1, -0.05) is 30.3 Å². The Morgan fingerprint density at radius 1 is 1.23 bits per heavy atom. The molecule has 0 spiro atoms. The minimum atomic E-state index is -0.952. The number of hydrogen-bond donors (Lipinski definition) is 1. The lowest BCUT2D eigenvalue weighted by molar-refractivity contribution is -0.145. The highest BCUT2D eigenvalue weighted by Crippen LogP contribution is 2.21. The number of ether oxygens (including phenoxy) is 2. The Balaban J connectivity index is 1.70. The number of hydrogen-bond acceptors (Lipinski definition) is 8. The molecule has 3 aromatic rings. The van der Waals surface area contributed by atoms with Crippen LogP contribution in [0.25, 0.3) is 11.1 Å². The van der Waals surface area contributed by atoms with E-state index in [0.717, 1.165) is 5.56 Å². The SMILES string of the molecule is COC(=O)C(Cc1ccccc1)NC(=O)COC(=O)c1c(C)oc2ncn(C)c(=O)c12. The van der Waals surface area contributed by atoms with Gasteiger partial charge in [0.05, 0.1) is 7.11 Å². The number of carbonyl (C=O) groups is 3. The summed E-state index contributed by atoms with van der Waals surface area (Å²) in [5.41, 5.74) is 0.252. The number of nitrogens with zero attached hydrogens (tertiary/aromatic N) is 2. The molecule has 0 fully saturated rings. The molecule has 2 heterocycles. The summed E-state index contributed by atoms with van der Waals surface area (Å²) >= 11 is 0. The van der Waals surface area contributed by atoms with Crippen LogP contribution in [0.15, 0.2) is 45.9 Å². The zero-order chi connectivity index (χ0) is 22.5. The lowest BCUT2D eigenvalue weighted by Gasteiger charge is -2.16. The van der Waals surface area contributed by atoms with Gasteiger partial charge >= 0.3 is 11.9 Å². The Morgan fingerprint density at radius 3 is 2.61 bits per heavy atom. The summed E-state index contributed by atoms with van der Waals surface area (Å²) in [5.74, 6) is -2.09. The molecule has 3 rings (SSSR count). The first-order valence-electron chi connectivity index (χ1n) is 9.34. The Bertz CT molecular complexity index is 1180. The third-order valence-corrected chi connectivity index (χ3v) is 4.59. The number of aryl methyl sites for hydroxylation is 2. The average Bonchev–Trinajstić information content (AvgIpc) is 3.11. The lowest BCUT2D eigenvalue weighted by atomic mass is 10.1. The molecule has 0 saturated heterocycles. The van der Waals surface area contributed by atoms with E-state index in [1.54, 1.807) is 0 Å². The highest BCUT2D eigenvalue weighted by Gasteiger charge is 2.26. The van der Waals surface area contributed by atoms with Crippen molar-refractivity contribution in [3.8, 4) is 0 Å². The summed E-state index contributed by atoms with van der Waals surface area (Å²) < 4.78 is 16.4. The zero-order valence-corrected chi connectivity index (χ0v) is 17.2. The van der Waals surface area contributed by atoms with Crippen molar-refractivity contribution in [2.45, 2.75) is 19.4 Å². The third kappa shape index (κ3) is 4.80. The van der Waals surface area contributed by atoms with Gasteiger partial charge in [-0.15, -0.1) is 0 Å². The molecule has 1 N–H and O–H groups in total. The summed E-state index contributed by atoms with van der Waals surface area (Å²) in [6.07, 6.45) is 1.48. The number of rotatable bonds is 7. The van der Waals surface area contributed by atoms with Crippen LogP contribution < -0.4 is 10.9 Å². The van der Waals surface area contributed by atoms with Crippen LogP contribution in [0.3, 0.4) is 0 Å². The number of benzene rings is 1. The van der Waals surface area contributed by atoms with Crippen LogP contribution in [-0.2, 0) is 32.5 Å². The maximum absolute atomic E-state index is 12.5. The average molecular weight is 427 g/mol. The van der Waals surface area contributed by atoms with Gasteiger partial charge in [-0.3, -0.25) is 9.59 Å². The van der Waals surface area contributed by atoms with E-state index in [2.05, 4.69) is 10.3 Å². The van der Waals surface area contributed by atoms with Crippen LogP contribution in [0.4, 0.5) is 0 Å². The number of carbonyl (C=O) groups excluding carboxylic acids is 3. The summed E-state index contributed by atoms with van der Waals surface area (Å²) in [5, 5.41) is 2.47. The predicted octanol–water partition coefficient (Wildman–Crippen LogP) is 0.892. The fraction of sp³-hybridized carbons (Fsp3) is 0.286. The molecule has 0 aliphatic carbocycles. The van der Waals surface area contributed by atoms with Crippen LogP contribution in [0, 0.1) is 6.92 Å². The van der Waals surface area contributed by atoms with Crippen molar-refractivity contribution in [2.75, 3.05) is 13.7 Å². The topological polar surface area (TPSA) is 130 Å². The van der Waals surface area contributed by atoms with Gasteiger partial charge in [0, 0.05) is 13.5 Å². The van der Waals surface area contributed by atoms with Crippen molar-refractivity contribution in [1.82, 2.24) is 14.9 Å². The number of esters is 2. The fourth-order valence-electron chi connectivity index (χ4n) is 3.06. The number of amides is 1. The smallest absolute Gasteiger partial charge is 0.343 e. The highest BCUT2D eigenvalue weighted by atomic mass is 16.5. The van der Waals surface area contributed by atoms with Crippen molar-refractivity contribution in [1.29, 1.82) is 0 Å². The molecule has 1 atom stereocenters. The Morgan fingerprint density at radius 2 is 1.94 bits per heavy atom. The summed E-state index contributed by atoms with van der Waals surface area (Å²) in [7, 11) is 2.70.